The Morgan fingerprint density at radius 1 is 1.35 bits per heavy atom. The van der Waals surface area contributed by atoms with Crippen LogP contribution in [-0.4, -0.2) is 28.8 Å². The highest BCUT2D eigenvalue weighted by molar-refractivity contribution is 5.36. The Labute approximate surface area is 97.2 Å². The van der Waals surface area contributed by atoms with Crippen LogP contribution in [-0.2, 0) is 0 Å². The summed E-state index contributed by atoms with van der Waals surface area (Å²) in [5.74, 6) is 0.657. The van der Waals surface area contributed by atoms with Gasteiger partial charge in [-0.15, -0.1) is 0 Å². The second-order valence-electron chi connectivity index (χ2n) is 3.70. The molecule has 96 valence electrons. The summed E-state index contributed by atoms with van der Waals surface area (Å²) in [5, 5.41) is 2.56. The van der Waals surface area contributed by atoms with Gasteiger partial charge in [-0.25, -0.2) is 9.97 Å². The number of nitrogens with one attached hydrogen (secondary N) is 1. The lowest BCUT2D eigenvalue weighted by Crippen LogP contribution is -2.15. The molecule has 0 unspecified atom stereocenters. The molecule has 1 N–H and O–H groups in total. The van der Waals surface area contributed by atoms with E-state index in [1.165, 1.54) is 12.4 Å². The molecule has 0 saturated carbocycles. The van der Waals surface area contributed by atoms with Crippen molar-refractivity contribution in [2.45, 2.75) is 32.5 Å². The Balaban J connectivity index is 2.48. The van der Waals surface area contributed by atoms with Gasteiger partial charge in [0.15, 0.2) is 0 Å². The van der Waals surface area contributed by atoms with E-state index in [-0.39, 0.29) is 12.6 Å². The summed E-state index contributed by atoms with van der Waals surface area (Å²) in [5.41, 5.74) is 0. The minimum atomic E-state index is -4.17. The highest BCUT2D eigenvalue weighted by Gasteiger charge is 2.26. The molecule has 17 heavy (non-hydrogen) atoms. The molecule has 0 aliphatic rings. The maximum Gasteiger partial charge on any atom is 0.390 e. The van der Waals surface area contributed by atoms with Gasteiger partial charge in [0.2, 0.25) is 5.88 Å². The number of alkyl halides is 3. The lowest BCUT2D eigenvalue weighted by atomic mass is 10.4. The standard InChI is InChI=1S/C10H14F3N3O/c1-7(2)17-9-5-8(15-6-16-9)14-4-3-10(11,12)13/h5-7H,3-4H2,1-2H3,(H,14,15,16). The molecule has 7 heteroatoms. The van der Waals surface area contributed by atoms with E-state index in [4.69, 9.17) is 4.74 Å². The summed E-state index contributed by atoms with van der Waals surface area (Å²) >= 11 is 0. The molecule has 0 fully saturated rings. The molecule has 0 spiro atoms. The molecule has 0 aliphatic carbocycles. The van der Waals surface area contributed by atoms with Crippen LogP contribution in [0.15, 0.2) is 12.4 Å². The van der Waals surface area contributed by atoms with E-state index in [1.807, 2.05) is 13.8 Å². The number of nitrogens with zero attached hydrogens (tertiary/aromatic N) is 2. The third-order valence-corrected chi connectivity index (χ3v) is 1.71. The van der Waals surface area contributed by atoms with Crippen molar-refractivity contribution in [2.24, 2.45) is 0 Å². The van der Waals surface area contributed by atoms with E-state index in [0.717, 1.165) is 0 Å². The zero-order chi connectivity index (χ0) is 12.9. The Morgan fingerprint density at radius 2 is 2.06 bits per heavy atom. The predicted octanol–water partition coefficient (Wildman–Crippen LogP) is 2.63. The molecular formula is C10H14F3N3O. The topological polar surface area (TPSA) is 47.0 Å². The maximum atomic E-state index is 11.9. The minimum Gasteiger partial charge on any atom is -0.475 e. The smallest absolute Gasteiger partial charge is 0.390 e. The van der Waals surface area contributed by atoms with Crippen LogP contribution in [0.1, 0.15) is 20.3 Å². The summed E-state index contributed by atoms with van der Waals surface area (Å²) < 4.78 is 41.0. The molecule has 0 radical (unpaired) electrons. The van der Waals surface area contributed by atoms with Gasteiger partial charge in [-0.1, -0.05) is 0 Å². The SMILES string of the molecule is CC(C)Oc1cc(NCCC(F)(F)F)ncn1. The van der Waals surface area contributed by atoms with Crippen LogP contribution in [0.25, 0.3) is 0 Å². The normalized spacial score (nSPS) is 11.6. The van der Waals surface area contributed by atoms with Crippen LogP contribution >= 0.6 is 0 Å². The Bertz CT molecular complexity index is 355. The van der Waals surface area contributed by atoms with Gasteiger partial charge in [0.1, 0.15) is 12.1 Å². The summed E-state index contributed by atoms with van der Waals surface area (Å²) in [6.45, 7) is 3.44. The van der Waals surface area contributed by atoms with E-state index in [9.17, 15) is 13.2 Å². The van der Waals surface area contributed by atoms with Gasteiger partial charge in [-0.3, -0.25) is 0 Å². The van der Waals surface area contributed by atoms with Crippen LogP contribution in [0.3, 0.4) is 0 Å². The third kappa shape index (κ3) is 5.94. The Kier molecular flexibility index (Phi) is 4.53. The van der Waals surface area contributed by atoms with Crippen LogP contribution in [0.2, 0.25) is 0 Å². The summed E-state index contributed by atoms with van der Waals surface area (Å²) in [6, 6.07) is 1.47. The van der Waals surface area contributed by atoms with Crippen LogP contribution < -0.4 is 10.1 Å². The molecule has 1 rings (SSSR count). The molecule has 0 aliphatic heterocycles. The monoisotopic (exact) mass is 249 g/mol. The van der Waals surface area contributed by atoms with Crippen LogP contribution in [0.5, 0.6) is 5.88 Å². The van der Waals surface area contributed by atoms with E-state index in [2.05, 4.69) is 15.3 Å². The summed E-state index contributed by atoms with van der Waals surface area (Å²) in [7, 11) is 0. The van der Waals surface area contributed by atoms with Gasteiger partial charge in [0.05, 0.1) is 12.5 Å². The Hall–Kier alpha value is -1.53. The summed E-state index contributed by atoms with van der Waals surface area (Å²) in [6.07, 6.45) is -3.88. The van der Waals surface area contributed by atoms with Crippen molar-refractivity contribution in [1.29, 1.82) is 0 Å². The first-order chi connectivity index (χ1) is 7.87. The van der Waals surface area contributed by atoms with Gasteiger partial charge in [0, 0.05) is 12.6 Å². The number of halogens is 3. The second kappa shape index (κ2) is 5.70. The van der Waals surface area contributed by atoms with Crippen molar-refractivity contribution >= 4 is 5.82 Å². The molecule has 1 heterocycles. The van der Waals surface area contributed by atoms with Crippen LogP contribution in [0, 0.1) is 0 Å². The highest BCUT2D eigenvalue weighted by atomic mass is 19.4. The Morgan fingerprint density at radius 3 is 2.65 bits per heavy atom. The van der Waals surface area contributed by atoms with Crippen LogP contribution in [0.4, 0.5) is 19.0 Å². The van der Waals surface area contributed by atoms with Gasteiger partial charge in [-0.05, 0) is 13.8 Å². The fourth-order valence-corrected chi connectivity index (χ4v) is 1.07. The van der Waals surface area contributed by atoms with Crippen molar-refractivity contribution in [3.05, 3.63) is 12.4 Å². The largest absolute Gasteiger partial charge is 0.475 e. The van der Waals surface area contributed by atoms with Crippen molar-refractivity contribution in [3.8, 4) is 5.88 Å². The summed E-state index contributed by atoms with van der Waals surface area (Å²) in [4.78, 5) is 7.64. The van der Waals surface area contributed by atoms with Crippen molar-refractivity contribution in [2.75, 3.05) is 11.9 Å². The average molecular weight is 249 g/mol. The fourth-order valence-electron chi connectivity index (χ4n) is 1.07. The van der Waals surface area contributed by atoms with E-state index >= 15 is 0 Å². The van der Waals surface area contributed by atoms with E-state index in [1.54, 1.807) is 0 Å². The number of ether oxygens (including phenoxy) is 1. The molecule has 0 amide bonds. The molecule has 1 aromatic heterocycles. The number of hydrogen-bond donors (Lipinski definition) is 1. The zero-order valence-corrected chi connectivity index (χ0v) is 9.58. The lowest BCUT2D eigenvalue weighted by Gasteiger charge is -2.10. The minimum absolute atomic E-state index is 0.0482. The van der Waals surface area contributed by atoms with Crippen molar-refractivity contribution in [3.63, 3.8) is 0 Å². The number of anilines is 1. The number of hydrogen-bond acceptors (Lipinski definition) is 4. The van der Waals surface area contributed by atoms with Crippen molar-refractivity contribution in [1.82, 2.24) is 9.97 Å². The highest BCUT2D eigenvalue weighted by Crippen LogP contribution is 2.19. The second-order valence-corrected chi connectivity index (χ2v) is 3.70. The van der Waals surface area contributed by atoms with Gasteiger partial charge < -0.3 is 10.1 Å². The number of aromatic nitrogens is 2. The van der Waals surface area contributed by atoms with E-state index < -0.39 is 12.6 Å². The lowest BCUT2D eigenvalue weighted by molar-refractivity contribution is -0.131. The number of rotatable bonds is 5. The molecule has 0 atom stereocenters. The molecule has 1 aromatic rings. The average Bonchev–Trinajstić information content (AvgIpc) is 2.15. The quantitative estimate of drug-likeness (QED) is 0.871. The zero-order valence-electron chi connectivity index (χ0n) is 9.58. The molecular weight excluding hydrogens is 235 g/mol. The first kappa shape index (κ1) is 13.5. The maximum absolute atomic E-state index is 11.9. The van der Waals surface area contributed by atoms with Crippen molar-refractivity contribution < 1.29 is 17.9 Å². The molecule has 0 bridgehead atoms. The van der Waals surface area contributed by atoms with E-state index in [0.29, 0.717) is 11.7 Å². The molecule has 0 saturated heterocycles. The van der Waals surface area contributed by atoms with Gasteiger partial charge in [-0.2, -0.15) is 13.2 Å². The third-order valence-electron chi connectivity index (χ3n) is 1.71. The molecule has 0 aromatic carbocycles. The van der Waals surface area contributed by atoms with Gasteiger partial charge in [0.25, 0.3) is 0 Å². The fraction of sp³-hybridized carbons (Fsp3) is 0.600. The molecule has 4 nitrogen and oxygen atoms in total. The predicted molar refractivity (Wildman–Crippen MR) is 57.0 cm³/mol. The first-order valence-corrected chi connectivity index (χ1v) is 5.16. The van der Waals surface area contributed by atoms with Gasteiger partial charge >= 0.3 is 6.18 Å². The first-order valence-electron chi connectivity index (χ1n) is 5.16.